The molecule has 2 aromatic heterocycles. The van der Waals surface area contributed by atoms with E-state index in [1.807, 2.05) is 24.3 Å². The number of nitrogens with zero attached hydrogens (tertiary/aromatic N) is 1. The Hall–Kier alpha value is -1.67. The predicted octanol–water partition coefficient (Wildman–Crippen LogP) is 4.38. The Labute approximate surface area is 164 Å². The largest absolute Gasteiger partial charge is 0.379 e. The van der Waals surface area contributed by atoms with Crippen LogP contribution < -0.4 is 5.32 Å². The average molecular weight is 434 g/mol. The van der Waals surface area contributed by atoms with Crippen LogP contribution in [0.1, 0.15) is 20.9 Å². The number of morpholine rings is 1. The van der Waals surface area contributed by atoms with Crippen molar-refractivity contribution in [2.75, 3.05) is 31.6 Å². The van der Waals surface area contributed by atoms with Crippen molar-refractivity contribution in [1.29, 1.82) is 0 Å². The minimum Gasteiger partial charge on any atom is -0.379 e. The SMILES string of the molecule is Cc1cc2[nH]c(C(=O)Nc3ccccc3Br)c(CN3CCOCC3)c2s1. The summed E-state index contributed by atoms with van der Waals surface area (Å²) in [5.41, 5.74) is 3.52. The first-order chi connectivity index (χ1) is 12.6. The Kier molecular flexibility index (Phi) is 5.13. The lowest BCUT2D eigenvalue weighted by atomic mass is 10.2. The molecule has 0 unspecified atom stereocenters. The lowest BCUT2D eigenvalue weighted by Gasteiger charge is -2.26. The molecule has 3 heterocycles. The van der Waals surface area contributed by atoms with Gasteiger partial charge in [0.15, 0.2) is 0 Å². The molecule has 0 aliphatic carbocycles. The van der Waals surface area contributed by atoms with Gasteiger partial charge >= 0.3 is 0 Å². The molecule has 0 saturated carbocycles. The van der Waals surface area contributed by atoms with Crippen LogP contribution in [0.25, 0.3) is 10.2 Å². The van der Waals surface area contributed by atoms with Crippen molar-refractivity contribution >= 4 is 49.1 Å². The van der Waals surface area contributed by atoms with Gasteiger partial charge in [0.1, 0.15) is 5.69 Å². The van der Waals surface area contributed by atoms with Crippen LogP contribution in [-0.4, -0.2) is 42.1 Å². The third-order valence-electron chi connectivity index (χ3n) is 4.53. The lowest BCUT2D eigenvalue weighted by molar-refractivity contribution is 0.0343. The van der Waals surface area contributed by atoms with Gasteiger partial charge in [0.05, 0.1) is 29.1 Å². The van der Waals surface area contributed by atoms with Crippen LogP contribution in [0.15, 0.2) is 34.8 Å². The number of aryl methyl sites for hydroxylation is 1. The van der Waals surface area contributed by atoms with E-state index < -0.39 is 0 Å². The third-order valence-corrected chi connectivity index (χ3v) is 6.33. The van der Waals surface area contributed by atoms with E-state index >= 15 is 0 Å². The summed E-state index contributed by atoms with van der Waals surface area (Å²) in [5.74, 6) is -0.110. The number of hydrogen-bond donors (Lipinski definition) is 2. The summed E-state index contributed by atoms with van der Waals surface area (Å²) < 4.78 is 7.49. The Balaban J connectivity index is 1.67. The summed E-state index contributed by atoms with van der Waals surface area (Å²) in [7, 11) is 0. The summed E-state index contributed by atoms with van der Waals surface area (Å²) in [6.07, 6.45) is 0. The van der Waals surface area contributed by atoms with E-state index in [9.17, 15) is 4.79 Å². The van der Waals surface area contributed by atoms with Crippen molar-refractivity contribution in [1.82, 2.24) is 9.88 Å². The van der Waals surface area contributed by atoms with Gasteiger partial charge in [-0.3, -0.25) is 9.69 Å². The number of rotatable bonds is 4. The van der Waals surface area contributed by atoms with Gasteiger partial charge < -0.3 is 15.0 Å². The number of benzene rings is 1. The van der Waals surface area contributed by atoms with Gasteiger partial charge in [-0.2, -0.15) is 0 Å². The van der Waals surface area contributed by atoms with Gasteiger partial charge in [-0.25, -0.2) is 0 Å². The van der Waals surface area contributed by atoms with Crippen molar-refractivity contribution in [3.8, 4) is 0 Å². The quantitative estimate of drug-likeness (QED) is 0.641. The van der Waals surface area contributed by atoms with Crippen molar-refractivity contribution in [2.24, 2.45) is 0 Å². The van der Waals surface area contributed by atoms with Gasteiger partial charge in [0, 0.05) is 34.5 Å². The molecule has 136 valence electrons. The van der Waals surface area contributed by atoms with E-state index in [2.05, 4.69) is 44.1 Å². The van der Waals surface area contributed by atoms with Crippen LogP contribution >= 0.6 is 27.3 Å². The summed E-state index contributed by atoms with van der Waals surface area (Å²) in [4.78, 5) is 19.9. The zero-order chi connectivity index (χ0) is 18.1. The van der Waals surface area contributed by atoms with E-state index in [0.29, 0.717) is 5.69 Å². The Morgan fingerprint density at radius 1 is 1.35 bits per heavy atom. The van der Waals surface area contributed by atoms with Crippen LogP contribution in [0, 0.1) is 6.92 Å². The fraction of sp³-hybridized carbons (Fsp3) is 0.316. The maximum Gasteiger partial charge on any atom is 0.272 e. The number of aromatic nitrogens is 1. The molecule has 1 aliphatic rings. The fourth-order valence-electron chi connectivity index (χ4n) is 3.23. The van der Waals surface area contributed by atoms with Gasteiger partial charge in [0.2, 0.25) is 0 Å². The average Bonchev–Trinajstić information content (AvgIpc) is 3.15. The van der Waals surface area contributed by atoms with Crippen LogP contribution in [0.5, 0.6) is 0 Å². The molecule has 0 spiro atoms. The smallest absolute Gasteiger partial charge is 0.272 e. The van der Waals surface area contributed by atoms with E-state index in [-0.39, 0.29) is 5.91 Å². The second-order valence-corrected chi connectivity index (χ2v) is 8.51. The second kappa shape index (κ2) is 7.52. The molecule has 1 saturated heterocycles. The first kappa shape index (κ1) is 17.7. The van der Waals surface area contributed by atoms with Crippen molar-refractivity contribution < 1.29 is 9.53 Å². The highest BCUT2D eigenvalue weighted by molar-refractivity contribution is 9.10. The number of thiophene rings is 1. The second-order valence-electron chi connectivity index (χ2n) is 6.40. The Bertz CT molecular complexity index is 944. The molecule has 0 bridgehead atoms. The molecular formula is C19H20BrN3O2S. The number of halogens is 1. The molecule has 1 aliphatic heterocycles. The lowest BCUT2D eigenvalue weighted by Crippen LogP contribution is -2.36. The van der Waals surface area contributed by atoms with Crippen LogP contribution in [-0.2, 0) is 11.3 Å². The highest BCUT2D eigenvalue weighted by Crippen LogP contribution is 2.32. The monoisotopic (exact) mass is 433 g/mol. The number of carbonyl (C=O) groups is 1. The van der Waals surface area contributed by atoms with Crippen LogP contribution in [0.3, 0.4) is 0 Å². The number of H-pyrrole nitrogens is 1. The first-order valence-electron chi connectivity index (χ1n) is 8.59. The maximum absolute atomic E-state index is 13.0. The number of aromatic amines is 1. The standard InChI is InChI=1S/C19H20BrN3O2S/c1-12-10-16-18(26-12)13(11-23-6-8-25-9-7-23)17(21-16)19(24)22-15-5-3-2-4-14(15)20/h2-5,10,21H,6-9,11H2,1H3,(H,22,24). The molecule has 3 aromatic rings. The number of amides is 1. The van der Waals surface area contributed by atoms with Gasteiger partial charge in [-0.15, -0.1) is 11.3 Å². The molecular weight excluding hydrogens is 414 g/mol. The molecule has 0 radical (unpaired) electrons. The maximum atomic E-state index is 13.0. The van der Waals surface area contributed by atoms with Gasteiger partial charge in [-0.05, 0) is 41.1 Å². The summed E-state index contributed by atoms with van der Waals surface area (Å²) in [6, 6.07) is 9.75. The first-order valence-corrected chi connectivity index (χ1v) is 10.2. The molecule has 0 atom stereocenters. The van der Waals surface area contributed by atoms with Gasteiger partial charge in [-0.1, -0.05) is 12.1 Å². The third kappa shape index (κ3) is 3.57. The number of fused-ring (bicyclic) bond motifs is 1. The Morgan fingerprint density at radius 2 is 2.12 bits per heavy atom. The molecule has 2 N–H and O–H groups in total. The van der Waals surface area contributed by atoms with Crippen LogP contribution in [0.4, 0.5) is 5.69 Å². The molecule has 5 nitrogen and oxygen atoms in total. The van der Waals surface area contributed by atoms with Crippen LogP contribution in [0.2, 0.25) is 0 Å². The summed E-state index contributed by atoms with van der Waals surface area (Å²) in [5, 5.41) is 3.01. The zero-order valence-corrected chi connectivity index (χ0v) is 16.9. The van der Waals surface area contributed by atoms with Crippen molar-refractivity contribution in [3.05, 3.63) is 50.9 Å². The highest BCUT2D eigenvalue weighted by atomic mass is 79.9. The topological polar surface area (TPSA) is 57.4 Å². The normalized spacial score (nSPS) is 15.5. The number of carbonyl (C=O) groups excluding carboxylic acids is 1. The number of para-hydroxylation sites is 1. The molecule has 26 heavy (non-hydrogen) atoms. The van der Waals surface area contributed by atoms with E-state index in [1.54, 1.807) is 11.3 Å². The molecule has 1 fully saturated rings. The summed E-state index contributed by atoms with van der Waals surface area (Å²) in [6.45, 7) is 6.12. The van der Waals surface area contributed by atoms with Crippen molar-refractivity contribution in [3.63, 3.8) is 0 Å². The van der Waals surface area contributed by atoms with E-state index in [1.165, 1.54) is 9.58 Å². The number of hydrogen-bond acceptors (Lipinski definition) is 4. The van der Waals surface area contributed by atoms with E-state index in [4.69, 9.17) is 4.74 Å². The van der Waals surface area contributed by atoms with Crippen molar-refractivity contribution in [2.45, 2.75) is 13.5 Å². The number of anilines is 1. The summed E-state index contributed by atoms with van der Waals surface area (Å²) >= 11 is 5.22. The predicted molar refractivity (Wildman–Crippen MR) is 109 cm³/mol. The minimum atomic E-state index is -0.110. The Morgan fingerprint density at radius 3 is 2.88 bits per heavy atom. The van der Waals surface area contributed by atoms with E-state index in [0.717, 1.165) is 54.1 Å². The minimum absolute atomic E-state index is 0.110. The number of nitrogens with one attached hydrogen (secondary N) is 2. The van der Waals surface area contributed by atoms with Gasteiger partial charge in [0.25, 0.3) is 5.91 Å². The molecule has 1 aromatic carbocycles. The highest BCUT2D eigenvalue weighted by Gasteiger charge is 2.23. The molecule has 1 amide bonds. The zero-order valence-electron chi connectivity index (χ0n) is 14.5. The molecule has 4 rings (SSSR count). The number of ether oxygens (including phenoxy) is 1. The molecule has 7 heteroatoms. The fourth-order valence-corrected chi connectivity index (χ4v) is 4.62.